The van der Waals surface area contributed by atoms with Crippen LogP contribution in [-0.2, 0) is 15.5 Å². The summed E-state index contributed by atoms with van der Waals surface area (Å²) in [5.74, 6) is -0.885. The van der Waals surface area contributed by atoms with Crippen molar-refractivity contribution in [2.75, 3.05) is 5.32 Å². The minimum Gasteiger partial charge on any atom is -0.399 e. The van der Waals surface area contributed by atoms with Crippen LogP contribution in [0.2, 0.25) is 0 Å². The number of carbonyl (C=O) groups is 1. The third-order valence-electron chi connectivity index (χ3n) is 4.92. The number of aromatic nitrogens is 2. The lowest BCUT2D eigenvalue weighted by Crippen LogP contribution is -2.41. The molecule has 0 spiro atoms. The Labute approximate surface area is 160 Å². The molecule has 0 aliphatic carbocycles. The van der Waals surface area contributed by atoms with Gasteiger partial charge in [-0.2, -0.15) is 18.3 Å². The van der Waals surface area contributed by atoms with Crippen molar-refractivity contribution < 1.29 is 27.3 Å². The van der Waals surface area contributed by atoms with Crippen molar-refractivity contribution in [1.82, 2.24) is 10.2 Å². The summed E-state index contributed by atoms with van der Waals surface area (Å²) in [5, 5.41) is 9.09. The summed E-state index contributed by atoms with van der Waals surface area (Å²) < 4.78 is 50.1. The number of amides is 1. The number of rotatable bonds is 3. The maximum atomic E-state index is 12.7. The fourth-order valence-electron chi connectivity index (χ4n) is 2.54. The number of hydrogen-bond donors (Lipinski definition) is 1. The average Bonchev–Trinajstić information content (AvgIpc) is 2.82. The molecule has 10 heteroatoms. The zero-order chi connectivity index (χ0) is 20.7. The van der Waals surface area contributed by atoms with E-state index in [2.05, 4.69) is 15.5 Å². The van der Waals surface area contributed by atoms with Crippen LogP contribution in [0.3, 0.4) is 0 Å². The van der Waals surface area contributed by atoms with Crippen LogP contribution in [0.15, 0.2) is 36.5 Å². The second kappa shape index (κ2) is 6.86. The van der Waals surface area contributed by atoms with E-state index < -0.39 is 36.0 Å². The van der Waals surface area contributed by atoms with Crippen molar-refractivity contribution in [1.29, 1.82) is 0 Å². The number of carbonyl (C=O) groups excluding carboxylic acids is 1. The lowest BCUT2D eigenvalue weighted by Gasteiger charge is -2.32. The monoisotopic (exact) mass is 393 g/mol. The van der Waals surface area contributed by atoms with E-state index in [1.807, 2.05) is 27.7 Å². The van der Waals surface area contributed by atoms with Crippen LogP contribution in [0.1, 0.15) is 43.6 Å². The highest BCUT2D eigenvalue weighted by Crippen LogP contribution is 2.36. The van der Waals surface area contributed by atoms with Gasteiger partial charge in [0.15, 0.2) is 5.82 Å². The number of benzene rings is 1. The summed E-state index contributed by atoms with van der Waals surface area (Å²) in [5.41, 5.74) is -0.992. The van der Waals surface area contributed by atoms with Gasteiger partial charge in [-0.3, -0.25) is 4.79 Å². The fraction of sp³-hybridized carbons (Fsp3) is 0.389. The van der Waals surface area contributed by atoms with Gasteiger partial charge in [-0.05, 0) is 51.4 Å². The summed E-state index contributed by atoms with van der Waals surface area (Å²) in [6.07, 6.45) is -3.98. The highest BCUT2D eigenvalue weighted by Gasteiger charge is 2.51. The van der Waals surface area contributed by atoms with Crippen LogP contribution in [0.5, 0.6) is 0 Å². The first-order valence-corrected chi connectivity index (χ1v) is 8.56. The van der Waals surface area contributed by atoms with Crippen molar-refractivity contribution in [2.24, 2.45) is 0 Å². The van der Waals surface area contributed by atoms with E-state index in [4.69, 9.17) is 9.31 Å². The van der Waals surface area contributed by atoms with Crippen molar-refractivity contribution in [3.05, 3.63) is 47.7 Å². The highest BCUT2D eigenvalue weighted by atomic mass is 19.4. The Morgan fingerprint density at radius 1 is 1.07 bits per heavy atom. The Hall–Kier alpha value is -2.46. The predicted molar refractivity (Wildman–Crippen MR) is 97.1 cm³/mol. The van der Waals surface area contributed by atoms with Crippen molar-refractivity contribution in [3.8, 4) is 0 Å². The van der Waals surface area contributed by atoms with Gasteiger partial charge in [0.05, 0.1) is 23.0 Å². The summed E-state index contributed by atoms with van der Waals surface area (Å²) in [6, 6.07) is 7.15. The van der Waals surface area contributed by atoms with Crippen molar-refractivity contribution >= 4 is 24.3 Å². The largest absolute Gasteiger partial charge is 0.494 e. The molecule has 148 valence electrons. The second-order valence-corrected chi connectivity index (χ2v) is 7.49. The Morgan fingerprint density at radius 3 is 2.18 bits per heavy atom. The number of nitrogens with zero attached hydrogens (tertiary/aromatic N) is 2. The van der Waals surface area contributed by atoms with E-state index >= 15 is 0 Å². The molecule has 1 aliphatic rings. The number of alkyl halides is 3. The molecule has 0 atom stereocenters. The molecule has 1 aromatic carbocycles. The Bertz CT molecular complexity index is 870. The molecule has 1 amide bonds. The molecule has 2 aromatic rings. The molecule has 0 unspecified atom stereocenters. The average molecular weight is 393 g/mol. The van der Waals surface area contributed by atoms with E-state index in [0.717, 1.165) is 11.5 Å². The normalized spacial score (nSPS) is 18.2. The Kier molecular flexibility index (Phi) is 4.97. The van der Waals surface area contributed by atoms with E-state index in [9.17, 15) is 18.0 Å². The molecule has 0 saturated carbocycles. The first kappa shape index (κ1) is 20.3. The molecule has 6 nitrogen and oxygen atoms in total. The summed E-state index contributed by atoms with van der Waals surface area (Å²) >= 11 is 0. The predicted octanol–water partition coefficient (Wildman–Crippen LogP) is 3.05. The van der Waals surface area contributed by atoms with Crippen LogP contribution >= 0.6 is 0 Å². The molecule has 1 aliphatic heterocycles. The van der Waals surface area contributed by atoms with Crippen LogP contribution in [0.4, 0.5) is 19.0 Å². The SMILES string of the molecule is CC1(C)OB(c2ccc(C(=O)Nc3cc(C(F)(F)F)cnn3)cc2)OC1(C)C. The van der Waals surface area contributed by atoms with Gasteiger partial charge in [0.2, 0.25) is 0 Å². The first-order valence-electron chi connectivity index (χ1n) is 8.56. The van der Waals surface area contributed by atoms with Gasteiger partial charge in [-0.15, -0.1) is 5.10 Å². The van der Waals surface area contributed by atoms with E-state index in [0.29, 0.717) is 6.20 Å². The Morgan fingerprint density at radius 2 is 1.64 bits per heavy atom. The minimum atomic E-state index is -4.57. The Balaban J connectivity index is 1.71. The van der Waals surface area contributed by atoms with Gasteiger partial charge in [-0.1, -0.05) is 12.1 Å². The van der Waals surface area contributed by atoms with Gasteiger partial charge in [0, 0.05) is 5.56 Å². The minimum absolute atomic E-state index is 0.250. The van der Waals surface area contributed by atoms with Gasteiger partial charge in [0.1, 0.15) is 0 Å². The summed E-state index contributed by atoms with van der Waals surface area (Å²) in [7, 11) is -0.573. The molecule has 1 saturated heterocycles. The molecular formula is C18H19BF3N3O3. The van der Waals surface area contributed by atoms with Gasteiger partial charge < -0.3 is 14.6 Å². The lowest BCUT2D eigenvalue weighted by atomic mass is 9.79. The van der Waals surface area contributed by atoms with Crippen molar-refractivity contribution in [3.63, 3.8) is 0 Å². The number of nitrogens with one attached hydrogen (secondary N) is 1. The smallest absolute Gasteiger partial charge is 0.399 e. The first-order chi connectivity index (χ1) is 12.9. The van der Waals surface area contributed by atoms with Crippen LogP contribution in [0.25, 0.3) is 0 Å². The molecule has 2 heterocycles. The zero-order valence-corrected chi connectivity index (χ0v) is 15.8. The van der Waals surface area contributed by atoms with E-state index in [1.165, 1.54) is 12.1 Å². The maximum Gasteiger partial charge on any atom is 0.494 e. The number of hydrogen-bond acceptors (Lipinski definition) is 5. The fourth-order valence-corrected chi connectivity index (χ4v) is 2.54. The molecule has 0 radical (unpaired) electrons. The molecule has 3 rings (SSSR count). The third-order valence-corrected chi connectivity index (χ3v) is 4.92. The van der Waals surface area contributed by atoms with Crippen molar-refractivity contribution in [2.45, 2.75) is 45.1 Å². The van der Waals surface area contributed by atoms with Gasteiger partial charge >= 0.3 is 13.3 Å². The lowest BCUT2D eigenvalue weighted by molar-refractivity contribution is -0.137. The topological polar surface area (TPSA) is 73.3 Å². The number of halogens is 3. The van der Waals surface area contributed by atoms with E-state index in [-0.39, 0.29) is 11.4 Å². The highest BCUT2D eigenvalue weighted by molar-refractivity contribution is 6.62. The molecular weight excluding hydrogens is 374 g/mol. The van der Waals surface area contributed by atoms with E-state index in [1.54, 1.807) is 12.1 Å². The summed E-state index contributed by atoms with van der Waals surface area (Å²) in [4.78, 5) is 12.3. The van der Waals surface area contributed by atoms with Crippen LogP contribution in [-0.4, -0.2) is 34.4 Å². The molecule has 1 N–H and O–H groups in total. The molecule has 0 bridgehead atoms. The maximum absolute atomic E-state index is 12.7. The number of anilines is 1. The summed E-state index contributed by atoms with van der Waals surface area (Å²) in [6.45, 7) is 7.74. The third kappa shape index (κ3) is 4.02. The van der Waals surface area contributed by atoms with Crippen LogP contribution in [0, 0.1) is 0 Å². The quantitative estimate of drug-likeness (QED) is 0.812. The molecule has 1 aromatic heterocycles. The second-order valence-electron chi connectivity index (χ2n) is 7.49. The molecule has 28 heavy (non-hydrogen) atoms. The van der Waals surface area contributed by atoms with Gasteiger partial charge in [0.25, 0.3) is 5.91 Å². The van der Waals surface area contributed by atoms with Crippen LogP contribution < -0.4 is 10.8 Å². The zero-order valence-electron chi connectivity index (χ0n) is 15.8. The van der Waals surface area contributed by atoms with Gasteiger partial charge in [-0.25, -0.2) is 0 Å². The standard InChI is InChI=1S/C18H19BF3N3O3/c1-16(2)17(3,4)28-19(27-16)13-7-5-11(6-8-13)15(26)24-14-9-12(10-23-25-14)18(20,21)22/h5-10H,1-4H3,(H,24,25,26). The molecule has 1 fully saturated rings.